The minimum atomic E-state index is -0.686. The zero-order chi connectivity index (χ0) is 21.3. The average molecular weight is 420 g/mol. The van der Waals surface area contributed by atoms with Crippen LogP contribution in [0.5, 0.6) is 0 Å². The standard InChI is InChI=1S/C18H21FN6O5/c1-11(26)20-9-13-10-25(18(28)29-13)12-2-3-15(14(19)8-12)23-4-6-24(7-5-23)16-21-17(27)30-22-16/h2-3,8,13H,4-7,9-10H2,1H3,(H,20,26)(H,21,22,27). The number of piperazine rings is 1. The van der Waals surface area contributed by atoms with Crippen molar-refractivity contribution in [2.75, 3.05) is 54.0 Å². The van der Waals surface area contributed by atoms with Crippen LogP contribution in [0.3, 0.4) is 0 Å². The molecule has 3 heterocycles. The van der Waals surface area contributed by atoms with Crippen LogP contribution in [0.1, 0.15) is 6.92 Å². The van der Waals surface area contributed by atoms with E-state index in [1.807, 2.05) is 9.80 Å². The molecule has 30 heavy (non-hydrogen) atoms. The fourth-order valence-electron chi connectivity index (χ4n) is 3.53. The molecule has 2 amide bonds. The van der Waals surface area contributed by atoms with Crippen molar-refractivity contribution in [1.82, 2.24) is 15.5 Å². The fourth-order valence-corrected chi connectivity index (χ4v) is 3.53. The number of carbonyl (C=O) groups excluding carboxylic acids is 2. The zero-order valence-corrected chi connectivity index (χ0v) is 16.3. The Morgan fingerprint density at radius 1 is 1.27 bits per heavy atom. The van der Waals surface area contributed by atoms with Gasteiger partial charge in [-0.3, -0.25) is 9.69 Å². The van der Waals surface area contributed by atoms with Crippen molar-refractivity contribution in [2.45, 2.75) is 13.0 Å². The zero-order valence-electron chi connectivity index (χ0n) is 16.3. The molecule has 1 aromatic carbocycles. The van der Waals surface area contributed by atoms with Gasteiger partial charge in [0.15, 0.2) is 0 Å². The lowest BCUT2D eigenvalue weighted by Gasteiger charge is -2.35. The summed E-state index contributed by atoms with van der Waals surface area (Å²) in [4.78, 5) is 43.0. The van der Waals surface area contributed by atoms with Crippen molar-refractivity contribution in [3.8, 4) is 0 Å². The number of aromatic nitrogens is 2. The number of nitrogens with one attached hydrogen (secondary N) is 2. The molecule has 1 atom stereocenters. The third-order valence-corrected chi connectivity index (χ3v) is 5.04. The quantitative estimate of drug-likeness (QED) is 0.707. The van der Waals surface area contributed by atoms with Gasteiger partial charge in [-0.2, -0.15) is 5.16 Å². The number of rotatable bonds is 5. The Labute approximate surface area is 170 Å². The Morgan fingerprint density at radius 2 is 2.00 bits per heavy atom. The smallest absolute Gasteiger partial charge is 0.442 e. The molecular weight excluding hydrogens is 399 g/mol. The third kappa shape index (κ3) is 4.07. The highest BCUT2D eigenvalue weighted by Gasteiger charge is 2.33. The maximum Gasteiger partial charge on any atom is 0.461 e. The van der Waals surface area contributed by atoms with Crippen LogP contribution in [-0.2, 0) is 9.53 Å². The predicted molar refractivity (Wildman–Crippen MR) is 104 cm³/mol. The van der Waals surface area contributed by atoms with Gasteiger partial charge in [-0.25, -0.2) is 14.0 Å². The van der Waals surface area contributed by atoms with Gasteiger partial charge in [0.1, 0.15) is 11.9 Å². The topological polar surface area (TPSA) is 124 Å². The second-order valence-electron chi connectivity index (χ2n) is 7.07. The van der Waals surface area contributed by atoms with Crippen LogP contribution in [0.25, 0.3) is 0 Å². The van der Waals surface area contributed by atoms with Gasteiger partial charge in [0.25, 0.3) is 0 Å². The summed E-state index contributed by atoms with van der Waals surface area (Å²) in [6.07, 6.45) is -1.06. The lowest BCUT2D eigenvalue weighted by Crippen LogP contribution is -2.47. The molecular formula is C18H21FN6O5. The molecule has 2 fully saturated rings. The molecule has 160 valence electrons. The van der Waals surface area contributed by atoms with Gasteiger partial charge in [0.2, 0.25) is 11.9 Å². The molecule has 2 N–H and O–H groups in total. The fraction of sp³-hybridized carbons (Fsp3) is 0.444. The van der Waals surface area contributed by atoms with E-state index in [0.29, 0.717) is 43.5 Å². The van der Waals surface area contributed by atoms with Crippen LogP contribution in [0.4, 0.5) is 26.5 Å². The number of nitrogens with zero attached hydrogens (tertiary/aromatic N) is 4. The van der Waals surface area contributed by atoms with E-state index in [2.05, 4.69) is 20.0 Å². The average Bonchev–Trinajstić information content (AvgIpc) is 3.32. The highest BCUT2D eigenvalue weighted by molar-refractivity contribution is 5.90. The number of hydrogen-bond donors (Lipinski definition) is 2. The molecule has 1 unspecified atom stereocenters. The number of halogens is 1. The highest BCUT2D eigenvalue weighted by atomic mass is 19.1. The SMILES string of the molecule is CC(=O)NCC1CN(c2ccc(N3CCN(c4nc(=O)o[nH]4)CC3)c(F)c2)C(=O)O1. The molecule has 1 aromatic heterocycles. The van der Waals surface area contributed by atoms with Gasteiger partial charge >= 0.3 is 11.8 Å². The van der Waals surface area contributed by atoms with Gasteiger partial charge in [0.05, 0.1) is 24.5 Å². The van der Waals surface area contributed by atoms with Crippen LogP contribution in [0, 0.1) is 5.82 Å². The molecule has 4 rings (SSSR count). The summed E-state index contributed by atoms with van der Waals surface area (Å²) in [5, 5.41) is 5.07. The van der Waals surface area contributed by atoms with Crippen LogP contribution in [0.15, 0.2) is 27.5 Å². The van der Waals surface area contributed by atoms with Gasteiger partial charge < -0.3 is 24.4 Å². The monoisotopic (exact) mass is 420 g/mol. The van der Waals surface area contributed by atoms with Crippen LogP contribution in [-0.4, -0.2) is 67.5 Å². The Bertz CT molecular complexity index is 999. The van der Waals surface area contributed by atoms with Gasteiger partial charge in [0, 0.05) is 33.1 Å². The first kappa shape index (κ1) is 19.7. The van der Waals surface area contributed by atoms with Crippen molar-refractivity contribution in [1.29, 1.82) is 0 Å². The minimum Gasteiger partial charge on any atom is -0.442 e. The summed E-state index contributed by atoms with van der Waals surface area (Å²) < 4.78 is 24.6. The van der Waals surface area contributed by atoms with E-state index in [0.717, 1.165) is 0 Å². The van der Waals surface area contributed by atoms with Crippen molar-refractivity contribution >= 4 is 29.3 Å². The number of benzene rings is 1. The molecule has 0 bridgehead atoms. The first-order chi connectivity index (χ1) is 14.4. The number of anilines is 3. The first-order valence-corrected chi connectivity index (χ1v) is 9.48. The number of amides is 2. The van der Waals surface area contributed by atoms with E-state index in [1.54, 1.807) is 12.1 Å². The maximum atomic E-state index is 14.8. The Hall–Kier alpha value is -3.57. The largest absolute Gasteiger partial charge is 0.461 e. The summed E-state index contributed by atoms with van der Waals surface area (Å²) >= 11 is 0. The van der Waals surface area contributed by atoms with E-state index in [9.17, 15) is 18.8 Å². The number of carbonyl (C=O) groups is 2. The van der Waals surface area contributed by atoms with Crippen molar-refractivity contribution in [3.05, 3.63) is 34.6 Å². The lowest BCUT2D eigenvalue weighted by atomic mass is 10.2. The maximum absolute atomic E-state index is 14.8. The number of H-pyrrole nitrogens is 1. The molecule has 12 heteroatoms. The Balaban J connectivity index is 1.39. The number of hydrogen-bond acceptors (Lipinski definition) is 8. The molecule has 0 saturated carbocycles. The van der Waals surface area contributed by atoms with Crippen molar-refractivity contribution in [2.24, 2.45) is 0 Å². The molecule has 2 aliphatic heterocycles. The molecule has 0 spiro atoms. The van der Waals surface area contributed by atoms with Crippen molar-refractivity contribution < 1.29 is 23.2 Å². The molecule has 2 aliphatic rings. The summed E-state index contributed by atoms with van der Waals surface area (Å²) in [5.41, 5.74) is 0.819. The van der Waals surface area contributed by atoms with Crippen molar-refractivity contribution in [3.63, 3.8) is 0 Å². The molecule has 2 aromatic rings. The highest BCUT2D eigenvalue weighted by Crippen LogP contribution is 2.28. The number of cyclic esters (lactones) is 1. The molecule has 11 nitrogen and oxygen atoms in total. The lowest BCUT2D eigenvalue weighted by molar-refractivity contribution is -0.119. The van der Waals surface area contributed by atoms with E-state index in [-0.39, 0.29) is 19.0 Å². The van der Waals surface area contributed by atoms with Gasteiger partial charge in [-0.1, -0.05) is 0 Å². The van der Waals surface area contributed by atoms with Crippen LogP contribution in [0.2, 0.25) is 0 Å². The first-order valence-electron chi connectivity index (χ1n) is 9.48. The third-order valence-electron chi connectivity index (χ3n) is 5.04. The Morgan fingerprint density at radius 3 is 2.63 bits per heavy atom. The van der Waals surface area contributed by atoms with Gasteiger partial charge in [-0.05, 0) is 18.2 Å². The molecule has 2 saturated heterocycles. The minimum absolute atomic E-state index is 0.208. The van der Waals surface area contributed by atoms with Crippen LogP contribution < -0.4 is 25.8 Å². The summed E-state index contributed by atoms with van der Waals surface area (Å²) in [5.74, 6) is -0.991. The van der Waals surface area contributed by atoms with E-state index < -0.39 is 23.8 Å². The van der Waals surface area contributed by atoms with Crippen LogP contribution >= 0.6 is 0 Å². The summed E-state index contributed by atoms with van der Waals surface area (Å²) in [7, 11) is 0. The second kappa shape index (κ2) is 8.05. The van der Waals surface area contributed by atoms with Gasteiger partial charge in [-0.15, -0.1) is 4.98 Å². The summed E-state index contributed by atoms with van der Waals surface area (Å²) in [6, 6.07) is 4.60. The van der Waals surface area contributed by atoms with E-state index in [1.165, 1.54) is 17.9 Å². The second-order valence-corrected chi connectivity index (χ2v) is 7.07. The molecule has 0 radical (unpaired) electrons. The predicted octanol–water partition coefficient (Wildman–Crippen LogP) is 0.290. The summed E-state index contributed by atoms with van der Waals surface area (Å²) in [6.45, 7) is 3.93. The number of ether oxygens (including phenoxy) is 1. The normalized spacial score (nSPS) is 19.2. The number of aromatic amines is 1. The van der Waals surface area contributed by atoms with E-state index in [4.69, 9.17) is 4.74 Å². The van der Waals surface area contributed by atoms with E-state index >= 15 is 0 Å². The Kier molecular flexibility index (Phi) is 5.29. The molecule has 0 aliphatic carbocycles.